The monoisotopic (exact) mass is 971 g/mol. The number of thioether (sulfide) groups is 2. The Bertz CT molecular complexity index is 2360. The van der Waals surface area contributed by atoms with Crippen molar-refractivity contribution in [2.45, 2.75) is 28.7 Å². The quantitative estimate of drug-likeness (QED) is 0.0758. The molecular weight excluding hydrogens is 918 g/mol. The van der Waals surface area contributed by atoms with Gasteiger partial charge in [0.1, 0.15) is 47.3 Å². The minimum absolute atomic E-state index is 0.220. The molecule has 350 valence electrons. The summed E-state index contributed by atoms with van der Waals surface area (Å²) in [7, 11) is -0.295. The molecule has 5 aromatic rings. The predicted molar refractivity (Wildman–Crippen MR) is 252 cm³/mol. The molecule has 3 aliphatic heterocycles. The van der Waals surface area contributed by atoms with E-state index in [0.29, 0.717) is 60.1 Å². The van der Waals surface area contributed by atoms with Gasteiger partial charge in [-0.15, -0.1) is 0 Å². The topological polar surface area (TPSA) is 186 Å². The molecule has 18 nitrogen and oxygen atoms in total. The van der Waals surface area contributed by atoms with Gasteiger partial charge in [0.15, 0.2) is 10.3 Å². The number of ether oxygens (including phenoxy) is 7. The smallest absolute Gasteiger partial charge is 0.252 e. The minimum Gasteiger partial charge on any atom is -0.497 e. The van der Waals surface area contributed by atoms with Crippen LogP contribution in [0, 0.1) is 0 Å². The lowest BCUT2D eigenvalue weighted by atomic mass is 10.2. The second-order valence-electron chi connectivity index (χ2n) is 14.3. The van der Waals surface area contributed by atoms with Crippen LogP contribution in [0.3, 0.4) is 0 Å². The van der Waals surface area contributed by atoms with Crippen molar-refractivity contribution < 1.29 is 41.6 Å². The normalized spacial score (nSPS) is 15.2. The number of nitrogens with zero attached hydrogens (tertiary/aromatic N) is 9. The SMILES string of the molecule is COc1ccc(COc2cc(N3CCOCC3)nc(S(C)(=O)=O)n2)cc1.COc1ccc(COc2cc(N3CCOCC3)nc(SC)n2)cc1.CSc1nc(Cl)cc(N2CCOCC2)n1. The molecule has 0 N–H and O–H groups in total. The highest BCUT2D eigenvalue weighted by Gasteiger charge is 2.21. The first-order valence-electron chi connectivity index (χ1n) is 20.6. The van der Waals surface area contributed by atoms with Crippen molar-refractivity contribution in [3.05, 3.63) is 83.0 Å². The zero-order chi connectivity index (χ0) is 46.0. The second kappa shape index (κ2) is 25.1. The number of benzene rings is 2. The molecule has 0 aliphatic carbocycles. The Morgan fingerprint density at radius 3 is 1.35 bits per heavy atom. The molecule has 0 radical (unpaired) electrons. The highest BCUT2D eigenvalue weighted by molar-refractivity contribution is 7.98. The number of rotatable bonds is 14. The lowest BCUT2D eigenvalue weighted by Gasteiger charge is -2.28. The Kier molecular flexibility index (Phi) is 19.1. The summed E-state index contributed by atoms with van der Waals surface area (Å²) in [5, 5.41) is 1.68. The van der Waals surface area contributed by atoms with E-state index in [1.165, 1.54) is 23.5 Å². The highest BCUT2D eigenvalue weighted by Crippen LogP contribution is 2.25. The van der Waals surface area contributed by atoms with Crippen molar-refractivity contribution >= 4 is 62.4 Å². The van der Waals surface area contributed by atoms with E-state index < -0.39 is 9.84 Å². The first-order valence-corrected chi connectivity index (χ1v) is 25.4. The standard InChI is InChI=1S/C17H21N3O5S.C17H21N3O3S.C9H12ClN3OS/c1-23-14-5-3-13(4-6-14)12-25-16-11-15(20-7-9-24-10-8-20)18-17(19-16)26(2,21)22;1-21-14-5-3-13(4-6-14)12-23-16-11-15(18-17(19-16)24-2)20-7-9-22-10-8-20;1-15-9-11-7(10)6-8(12-9)13-2-4-14-5-3-13/h3-6,11H,7-10,12H2,1-2H3;3-6,11H,7-10,12H2,1-2H3;6H,2-5H2,1H3. The fourth-order valence-corrected chi connectivity index (χ4v) is 7.77. The van der Waals surface area contributed by atoms with Crippen molar-refractivity contribution in [3.63, 3.8) is 0 Å². The van der Waals surface area contributed by atoms with Gasteiger partial charge >= 0.3 is 0 Å². The van der Waals surface area contributed by atoms with Gasteiger partial charge in [0.25, 0.3) is 5.16 Å². The summed E-state index contributed by atoms with van der Waals surface area (Å²) >= 11 is 8.93. The third-order valence-corrected chi connectivity index (χ3v) is 11.9. The van der Waals surface area contributed by atoms with Crippen molar-refractivity contribution in [2.75, 3.05) is 127 Å². The first-order chi connectivity index (χ1) is 31.5. The van der Waals surface area contributed by atoms with Gasteiger partial charge < -0.3 is 47.9 Å². The van der Waals surface area contributed by atoms with Crippen LogP contribution in [0.15, 0.2) is 82.2 Å². The Balaban J connectivity index is 0.000000167. The number of anilines is 3. The third kappa shape index (κ3) is 15.6. The van der Waals surface area contributed by atoms with Crippen LogP contribution in [0.5, 0.6) is 23.3 Å². The van der Waals surface area contributed by atoms with Crippen LogP contribution in [-0.2, 0) is 37.3 Å². The molecule has 0 spiro atoms. The third-order valence-electron chi connectivity index (χ3n) is 9.79. The van der Waals surface area contributed by atoms with Crippen LogP contribution in [0.4, 0.5) is 17.5 Å². The van der Waals surface area contributed by atoms with Crippen LogP contribution in [0.1, 0.15) is 11.1 Å². The summed E-state index contributed by atoms with van der Waals surface area (Å²) in [6.45, 7) is 9.46. The van der Waals surface area contributed by atoms with Crippen molar-refractivity contribution in [1.82, 2.24) is 29.9 Å². The van der Waals surface area contributed by atoms with E-state index in [2.05, 4.69) is 39.7 Å². The Morgan fingerprint density at radius 1 is 0.569 bits per heavy atom. The molecule has 2 aromatic carbocycles. The number of methoxy groups -OCH3 is 2. The minimum atomic E-state index is -3.56. The van der Waals surface area contributed by atoms with Gasteiger partial charge in [-0.3, -0.25) is 0 Å². The van der Waals surface area contributed by atoms with Gasteiger partial charge in [-0.2, -0.15) is 9.97 Å². The lowest BCUT2D eigenvalue weighted by Crippen LogP contribution is -2.37. The molecule has 0 amide bonds. The molecule has 6 heterocycles. The summed E-state index contributed by atoms with van der Waals surface area (Å²) in [5.41, 5.74) is 1.98. The molecule has 3 saturated heterocycles. The van der Waals surface area contributed by atoms with E-state index in [4.69, 9.17) is 44.8 Å². The average Bonchev–Trinajstić information content (AvgIpc) is 3.36. The van der Waals surface area contributed by atoms with Crippen LogP contribution in [0.25, 0.3) is 0 Å². The summed E-state index contributed by atoms with van der Waals surface area (Å²) in [6, 6.07) is 20.6. The number of sulfone groups is 1. The molecule has 0 unspecified atom stereocenters. The van der Waals surface area contributed by atoms with E-state index in [1.807, 2.05) is 72.0 Å². The summed E-state index contributed by atoms with van der Waals surface area (Å²) < 4.78 is 61.8. The molecule has 0 bridgehead atoms. The second-order valence-corrected chi connectivity index (χ2v) is 18.1. The van der Waals surface area contributed by atoms with Gasteiger partial charge in [-0.05, 0) is 47.9 Å². The maximum atomic E-state index is 11.9. The Morgan fingerprint density at radius 2 is 0.954 bits per heavy atom. The zero-order valence-corrected chi connectivity index (χ0v) is 40.3. The Labute approximate surface area is 393 Å². The van der Waals surface area contributed by atoms with E-state index in [9.17, 15) is 8.42 Å². The molecular formula is C43H54ClN9O9S3. The largest absolute Gasteiger partial charge is 0.497 e. The van der Waals surface area contributed by atoms with Crippen molar-refractivity contribution in [2.24, 2.45) is 0 Å². The maximum Gasteiger partial charge on any atom is 0.252 e. The van der Waals surface area contributed by atoms with Gasteiger partial charge in [0, 0.05) is 63.7 Å². The number of hydrogen-bond donors (Lipinski definition) is 0. The highest BCUT2D eigenvalue weighted by atomic mass is 35.5. The fourth-order valence-electron chi connectivity index (χ4n) is 6.29. The van der Waals surface area contributed by atoms with Crippen molar-refractivity contribution in [1.29, 1.82) is 0 Å². The van der Waals surface area contributed by atoms with E-state index in [-0.39, 0.29) is 17.6 Å². The first kappa shape index (κ1) is 49.5. The molecule has 65 heavy (non-hydrogen) atoms. The molecule has 0 saturated carbocycles. The van der Waals surface area contributed by atoms with Crippen LogP contribution >= 0.6 is 35.1 Å². The molecule has 3 aromatic heterocycles. The van der Waals surface area contributed by atoms with Crippen LogP contribution in [0.2, 0.25) is 5.15 Å². The summed E-state index contributed by atoms with van der Waals surface area (Å²) in [4.78, 5) is 32.1. The molecule has 3 aliphatic rings. The van der Waals surface area contributed by atoms with E-state index in [1.54, 1.807) is 26.4 Å². The molecule has 3 fully saturated rings. The molecule has 22 heteroatoms. The van der Waals surface area contributed by atoms with E-state index >= 15 is 0 Å². The fraction of sp³-hybridized carbons (Fsp3) is 0.442. The lowest BCUT2D eigenvalue weighted by molar-refractivity contribution is 0.122. The summed E-state index contributed by atoms with van der Waals surface area (Å²) in [6.07, 6.45) is 4.99. The number of morpholine rings is 3. The molecule has 8 rings (SSSR count). The molecule has 0 atom stereocenters. The van der Waals surface area contributed by atoms with Crippen molar-refractivity contribution in [3.8, 4) is 23.3 Å². The van der Waals surface area contributed by atoms with Crippen LogP contribution in [-0.4, -0.2) is 150 Å². The van der Waals surface area contributed by atoms with Gasteiger partial charge in [0.05, 0.1) is 53.9 Å². The number of aromatic nitrogens is 6. The van der Waals surface area contributed by atoms with E-state index in [0.717, 1.165) is 93.1 Å². The Hall–Kier alpha value is -4.90. The predicted octanol–water partition coefficient (Wildman–Crippen LogP) is 5.62. The maximum absolute atomic E-state index is 11.9. The van der Waals surface area contributed by atoms with Gasteiger partial charge in [-0.1, -0.05) is 59.4 Å². The summed E-state index contributed by atoms with van der Waals surface area (Å²) in [5.74, 6) is 4.70. The average molecular weight is 973 g/mol. The van der Waals surface area contributed by atoms with Gasteiger partial charge in [0.2, 0.25) is 21.6 Å². The number of hydrogen-bond acceptors (Lipinski definition) is 20. The van der Waals surface area contributed by atoms with Gasteiger partial charge in [-0.25, -0.2) is 28.4 Å². The zero-order valence-electron chi connectivity index (χ0n) is 37.1. The van der Waals surface area contributed by atoms with Crippen LogP contribution < -0.4 is 33.6 Å². The number of halogens is 1.